The minimum Gasteiger partial charge on any atom is -0.349 e. The zero-order chi connectivity index (χ0) is 23.5. The number of carbonyl (C=O) groups excluding carboxylic acids is 2. The Morgan fingerprint density at radius 2 is 1.59 bits per heavy atom. The van der Waals surface area contributed by atoms with Gasteiger partial charge in [0.1, 0.15) is 0 Å². The van der Waals surface area contributed by atoms with E-state index in [1.807, 2.05) is 72.8 Å². The topological polar surface area (TPSA) is 80.1 Å². The third-order valence-corrected chi connectivity index (χ3v) is 5.73. The van der Waals surface area contributed by atoms with Crippen LogP contribution >= 0.6 is 0 Å². The molecule has 170 valence electrons. The number of amides is 2. The minimum absolute atomic E-state index is 0.0532. The Bertz CT molecular complexity index is 1240. The molecule has 1 fully saturated rings. The molecule has 2 amide bonds. The second-order valence-electron chi connectivity index (χ2n) is 8.48. The van der Waals surface area contributed by atoms with Crippen LogP contribution in [0.5, 0.6) is 0 Å². The van der Waals surface area contributed by atoms with E-state index in [0.29, 0.717) is 24.0 Å². The van der Waals surface area contributed by atoms with Gasteiger partial charge >= 0.3 is 0 Å². The second-order valence-corrected chi connectivity index (χ2v) is 8.48. The summed E-state index contributed by atoms with van der Waals surface area (Å²) in [6.07, 6.45) is 2.10. The predicted molar refractivity (Wildman–Crippen MR) is 130 cm³/mol. The number of para-hydroxylation sites is 1. The van der Waals surface area contributed by atoms with Crippen molar-refractivity contribution >= 4 is 11.8 Å². The SMILES string of the molecule is CN(Cc1ccc(C(=O)NC2CC2)cc1)C(=O)c1nc(-c2ccccc2)n(-c2ccccc2)n1. The number of nitrogens with one attached hydrogen (secondary N) is 1. The van der Waals surface area contributed by atoms with Crippen LogP contribution in [0.2, 0.25) is 0 Å². The van der Waals surface area contributed by atoms with Gasteiger partial charge in [-0.15, -0.1) is 5.10 Å². The molecule has 0 saturated heterocycles. The van der Waals surface area contributed by atoms with Crippen LogP contribution in [0.15, 0.2) is 84.9 Å². The Morgan fingerprint density at radius 3 is 2.24 bits per heavy atom. The second kappa shape index (κ2) is 9.31. The fourth-order valence-electron chi connectivity index (χ4n) is 3.70. The van der Waals surface area contributed by atoms with Crippen molar-refractivity contribution in [3.8, 4) is 17.1 Å². The quantitative estimate of drug-likeness (QED) is 0.459. The van der Waals surface area contributed by atoms with Gasteiger partial charge in [0.15, 0.2) is 5.82 Å². The van der Waals surface area contributed by atoms with Gasteiger partial charge < -0.3 is 10.2 Å². The fourth-order valence-corrected chi connectivity index (χ4v) is 3.70. The van der Waals surface area contributed by atoms with E-state index in [0.717, 1.165) is 29.7 Å². The van der Waals surface area contributed by atoms with E-state index < -0.39 is 0 Å². The maximum atomic E-state index is 13.2. The Morgan fingerprint density at radius 1 is 0.941 bits per heavy atom. The van der Waals surface area contributed by atoms with Crippen molar-refractivity contribution in [2.75, 3.05) is 7.05 Å². The van der Waals surface area contributed by atoms with Crippen LogP contribution < -0.4 is 5.32 Å². The lowest BCUT2D eigenvalue weighted by Gasteiger charge is -2.15. The summed E-state index contributed by atoms with van der Waals surface area (Å²) in [7, 11) is 1.72. The minimum atomic E-state index is -0.276. The Labute approximate surface area is 198 Å². The summed E-state index contributed by atoms with van der Waals surface area (Å²) in [6, 6.07) is 27.0. The largest absolute Gasteiger partial charge is 0.349 e. The molecule has 0 aliphatic heterocycles. The Hall–Kier alpha value is -4.26. The molecule has 0 radical (unpaired) electrons. The van der Waals surface area contributed by atoms with Crippen molar-refractivity contribution in [3.05, 3.63) is 102 Å². The summed E-state index contributed by atoms with van der Waals surface area (Å²) in [6.45, 7) is 0.379. The van der Waals surface area contributed by atoms with E-state index >= 15 is 0 Å². The third-order valence-electron chi connectivity index (χ3n) is 5.73. The van der Waals surface area contributed by atoms with Crippen molar-refractivity contribution in [2.45, 2.75) is 25.4 Å². The van der Waals surface area contributed by atoms with E-state index in [1.165, 1.54) is 0 Å². The van der Waals surface area contributed by atoms with Crippen LogP contribution in [0.4, 0.5) is 0 Å². The summed E-state index contributed by atoms with van der Waals surface area (Å²) in [5.41, 5.74) is 3.25. The molecule has 1 aliphatic rings. The maximum absolute atomic E-state index is 13.2. The zero-order valence-corrected chi connectivity index (χ0v) is 18.9. The van der Waals surface area contributed by atoms with Gasteiger partial charge in [-0.3, -0.25) is 9.59 Å². The summed E-state index contributed by atoms with van der Waals surface area (Å²) in [5, 5.41) is 7.53. The molecule has 0 spiro atoms. The Balaban J connectivity index is 1.35. The molecule has 5 rings (SSSR count). The highest BCUT2D eigenvalue weighted by Gasteiger charge is 2.24. The highest BCUT2D eigenvalue weighted by atomic mass is 16.2. The van der Waals surface area contributed by atoms with Crippen LogP contribution in [0.3, 0.4) is 0 Å². The molecule has 7 nitrogen and oxygen atoms in total. The van der Waals surface area contributed by atoms with Gasteiger partial charge in [0.05, 0.1) is 5.69 Å². The molecule has 7 heteroatoms. The lowest BCUT2D eigenvalue weighted by atomic mass is 10.1. The van der Waals surface area contributed by atoms with Crippen molar-refractivity contribution < 1.29 is 9.59 Å². The standard InChI is InChI=1S/C27H25N5O2/c1-31(18-19-12-14-21(15-13-19)26(33)28-22-16-17-22)27(34)24-29-25(20-8-4-2-5-9-20)32(30-24)23-10-6-3-7-11-23/h2-15,22H,16-18H2,1H3,(H,28,33). The first-order valence-electron chi connectivity index (χ1n) is 11.3. The molecule has 1 saturated carbocycles. The van der Waals surface area contributed by atoms with E-state index in [4.69, 9.17) is 0 Å². The highest BCUT2D eigenvalue weighted by Crippen LogP contribution is 2.22. The normalized spacial score (nSPS) is 12.9. The van der Waals surface area contributed by atoms with Crippen LogP contribution in [0, 0.1) is 0 Å². The van der Waals surface area contributed by atoms with Crippen molar-refractivity contribution in [1.82, 2.24) is 25.0 Å². The van der Waals surface area contributed by atoms with Gasteiger partial charge in [0.2, 0.25) is 5.82 Å². The molecule has 0 bridgehead atoms. The number of hydrogen-bond donors (Lipinski definition) is 1. The van der Waals surface area contributed by atoms with Gasteiger partial charge in [-0.05, 0) is 42.7 Å². The zero-order valence-electron chi connectivity index (χ0n) is 18.9. The smallest absolute Gasteiger partial charge is 0.293 e. The Kier molecular flexibility index (Phi) is 5.91. The van der Waals surface area contributed by atoms with Crippen molar-refractivity contribution in [3.63, 3.8) is 0 Å². The lowest BCUT2D eigenvalue weighted by Crippen LogP contribution is -2.27. The van der Waals surface area contributed by atoms with Crippen molar-refractivity contribution in [1.29, 1.82) is 0 Å². The number of carbonyl (C=O) groups is 2. The molecule has 0 unspecified atom stereocenters. The molecular formula is C27H25N5O2. The van der Waals surface area contributed by atoms with Crippen LogP contribution in [0.1, 0.15) is 39.4 Å². The molecule has 0 atom stereocenters. The van der Waals surface area contributed by atoms with Crippen LogP contribution in [0.25, 0.3) is 17.1 Å². The lowest BCUT2D eigenvalue weighted by molar-refractivity contribution is 0.0772. The fraction of sp³-hybridized carbons (Fsp3) is 0.185. The predicted octanol–water partition coefficient (Wildman–Crippen LogP) is 4.10. The first-order valence-corrected chi connectivity index (χ1v) is 11.3. The molecule has 1 aliphatic carbocycles. The molecule has 34 heavy (non-hydrogen) atoms. The van der Waals surface area contributed by atoms with E-state index in [2.05, 4.69) is 15.4 Å². The van der Waals surface area contributed by atoms with Crippen molar-refractivity contribution in [2.24, 2.45) is 0 Å². The molecule has 4 aromatic rings. The number of aromatic nitrogens is 3. The molecule has 1 N–H and O–H groups in total. The van der Waals surface area contributed by atoms with Gasteiger partial charge in [-0.25, -0.2) is 9.67 Å². The summed E-state index contributed by atoms with van der Waals surface area (Å²) in [4.78, 5) is 31.6. The first kappa shape index (κ1) is 21.6. The molecule has 1 aromatic heterocycles. The van der Waals surface area contributed by atoms with Gasteiger partial charge in [-0.1, -0.05) is 60.7 Å². The number of hydrogen-bond acceptors (Lipinski definition) is 4. The highest BCUT2D eigenvalue weighted by molar-refractivity contribution is 5.94. The van der Waals surface area contributed by atoms with E-state index in [9.17, 15) is 9.59 Å². The van der Waals surface area contributed by atoms with E-state index in [1.54, 1.807) is 28.8 Å². The summed E-state index contributed by atoms with van der Waals surface area (Å²) < 4.78 is 1.70. The van der Waals surface area contributed by atoms with Gasteiger partial charge in [-0.2, -0.15) is 0 Å². The van der Waals surface area contributed by atoms with Gasteiger partial charge in [0.25, 0.3) is 11.8 Å². The monoisotopic (exact) mass is 451 g/mol. The van der Waals surface area contributed by atoms with Gasteiger partial charge in [0, 0.05) is 30.8 Å². The third kappa shape index (κ3) is 4.73. The number of nitrogens with zero attached hydrogens (tertiary/aromatic N) is 4. The average molecular weight is 452 g/mol. The van der Waals surface area contributed by atoms with Crippen LogP contribution in [-0.4, -0.2) is 44.6 Å². The van der Waals surface area contributed by atoms with Crippen LogP contribution in [-0.2, 0) is 6.54 Å². The average Bonchev–Trinajstić information content (AvgIpc) is 3.58. The maximum Gasteiger partial charge on any atom is 0.293 e. The summed E-state index contributed by atoms with van der Waals surface area (Å²) in [5.74, 6) is 0.408. The number of benzene rings is 3. The van der Waals surface area contributed by atoms with E-state index in [-0.39, 0.29) is 17.6 Å². The summed E-state index contributed by atoms with van der Waals surface area (Å²) >= 11 is 0. The number of rotatable bonds is 7. The first-order chi connectivity index (χ1) is 16.6. The molecule has 1 heterocycles. The molecule has 3 aromatic carbocycles. The molecular weight excluding hydrogens is 426 g/mol.